The van der Waals surface area contributed by atoms with Gasteiger partial charge in [-0.1, -0.05) is 18.2 Å². The first-order chi connectivity index (χ1) is 13.2. The molecule has 4 heterocycles. The molecule has 3 aromatic rings. The first kappa shape index (κ1) is 16.0. The van der Waals surface area contributed by atoms with Gasteiger partial charge in [-0.25, -0.2) is 0 Å². The molecule has 0 bridgehead atoms. The Bertz CT molecular complexity index is 1090. The summed E-state index contributed by atoms with van der Waals surface area (Å²) in [6, 6.07) is 14.4. The van der Waals surface area contributed by atoms with E-state index in [-0.39, 0.29) is 11.3 Å². The molecule has 1 aromatic carbocycles. The van der Waals surface area contributed by atoms with Crippen molar-refractivity contribution in [2.45, 2.75) is 31.2 Å². The van der Waals surface area contributed by atoms with Crippen molar-refractivity contribution in [3.8, 4) is 17.3 Å². The van der Waals surface area contributed by atoms with E-state index in [1.165, 1.54) is 5.69 Å². The van der Waals surface area contributed by atoms with Gasteiger partial charge in [-0.15, -0.1) is 0 Å². The summed E-state index contributed by atoms with van der Waals surface area (Å²) in [5.74, 6) is 0.0825. The molecule has 0 unspecified atom stereocenters. The highest BCUT2D eigenvalue weighted by Gasteiger charge is 2.51. The Hall–Kier alpha value is -3.20. The lowest BCUT2D eigenvalue weighted by molar-refractivity contribution is -0.138. The van der Waals surface area contributed by atoms with Crippen LogP contribution in [0.25, 0.3) is 22.2 Å². The van der Waals surface area contributed by atoms with Gasteiger partial charge in [0.15, 0.2) is 0 Å². The molecule has 134 valence electrons. The quantitative estimate of drug-likeness (QED) is 0.722. The fourth-order valence-corrected chi connectivity index (χ4v) is 4.32. The van der Waals surface area contributed by atoms with Crippen LogP contribution >= 0.6 is 0 Å². The summed E-state index contributed by atoms with van der Waals surface area (Å²) >= 11 is 0. The minimum absolute atomic E-state index is 0.0256. The number of rotatable bonds is 3. The first-order valence-electron chi connectivity index (χ1n) is 9.27. The minimum Gasteiger partial charge on any atom is -0.341 e. The lowest BCUT2D eigenvalue weighted by Crippen LogP contribution is -2.60. The number of para-hydroxylation sites is 1. The molecule has 2 aromatic heterocycles. The Labute approximate surface area is 157 Å². The number of hydrogen-bond donors (Lipinski definition) is 0. The van der Waals surface area contributed by atoms with Gasteiger partial charge in [0.1, 0.15) is 0 Å². The third kappa shape index (κ3) is 2.50. The van der Waals surface area contributed by atoms with Gasteiger partial charge in [-0.3, -0.25) is 14.5 Å². The zero-order chi connectivity index (χ0) is 18.4. The third-order valence-electron chi connectivity index (χ3n) is 5.80. The highest BCUT2D eigenvalue weighted by molar-refractivity contribution is 5.83. The number of fused-ring (bicyclic) bond motifs is 3. The maximum absolute atomic E-state index is 12.1. The maximum atomic E-state index is 12.1. The van der Waals surface area contributed by atoms with Gasteiger partial charge in [0.05, 0.1) is 17.3 Å². The zero-order valence-corrected chi connectivity index (χ0v) is 14.9. The van der Waals surface area contributed by atoms with Crippen LogP contribution in [0.1, 0.15) is 25.0 Å². The fraction of sp³-hybridized carbons (Fsp3) is 0.333. The SMILES string of the molecule is N#CCCC(=O)N1CC2(CCn3nc(-c4cnc5ccccc5c4)cc32)C1. The topological polar surface area (TPSA) is 74.8 Å². The first-order valence-corrected chi connectivity index (χ1v) is 9.27. The second-order valence-corrected chi connectivity index (χ2v) is 7.49. The molecule has 6 heteroatoms. The Morgan fingerprint density at radius 3 is 2.96 bits per heavy atom. The Kier molecular flexibility index (Phi) is 3.51. The van der Waals surface area contributed by atoms with Crippen LogP contribution in [0.15, 0.2) is 42.6 Å². The Balaban J connectivity index is 1.40. The van der Waals surface area contributed by atoms with E-state index >= 15 is 0 Å². The van der Waals surface area contributed by atoms with E-state index in [4.69, 9.17) is 10.4 Å². The molecule has 0 aliphatic carbocycles. The second kappa shape index (κ2) is 5.92. The van der Waals surface area contributed by atoms with Crippen LogP contribution in [0.3, 0.4) is 0 Å². The molecule has 0 N–H and O–H groups in total. The van der Waals surface area contributed by atoms with Crippen LogP contribution in [0, 0.1) is 11.3 Å². The van der Waals surface area contributed by atoms with Crippen molar-refractivity contribution >= 4 is 16.8 Å². The number of hydrogen-bond acceptors (Lipinski definition) is 4. The summed E-state index contributed by atoms with van der Waals surface area (Å²) in [5, 5.41) is 14.6. The summed E-state index contributed by atoms with van der Waals surface area (Å²) in [6.45, 7) is 2.35. The average Bonchev–Trinajstić information content (AvgIpc) is 3.23. The van der Waals surface area contributed by atoms with Crippen molar-refractivity contribution < 1.29 is 4.79 Å². The normalized spacial score (nSPS) is 16.9. The summed E-state index contributed by atoms with van der Waals surface area (Å²) in [5.41, 5.74) is 4.19. The number of benzene rings is 1. The highest BCUT2D eigenvalue weighted by Crippen LogP contribution is 2.44. The van der Waals surface area contributed by atoms with Crippen molar-refractivity contribution in [1.82, 2.24) is 19.7 Å². The molecule has 0 radical (unpaired) electrons. The third-order valence-corrected chi connectivity index (χ3v) is 5.80. The van der Waals surface area contributed by atoms with E-state index < -0.39 is 0 Å². The zero-order valence-electron chi connectivity index (χ0n) is 14.9. The molecular weight excluding hydrogens is 338 g/mol. The van der Waals surface area contributed by atoms with Gasteiger partial charge in [0.25, 0.3) is 0 Å². The number of likely N-dealkylation sites (tertiary alicyclic amines) is 1. The molecule has 6 nitrogen and oxygen atoms in total. The van der Waals surface area contributed by atoms with Gasteiger partial charge in [-0.05, 0) is 24.6 Å². The summed E-state index contributed by atoms with van der Waals surface area (Å²) in [6.07, 6.45) is 3.51. The predicted molar refractivity (Wildman–Crippen MR) is 101 cm³/mol. The van der Waals surface area contributed by atoms with Crippen molar-refractivity contribution in [1.29, 1.82) is 5.26 Å². The van der Waals surface area contributed by atoms with E-state index in [0.29, 0.717) is 12.8 Å². The molecule has 0 saturated carbocycles. The van der Waals surface area contributed by atoms with Crippen molar-refractivity contribution in [3.63, 3.8) is 0 Å². The number of aryl methyl sites for hydroxylation is 1. The number of nitriles is 1. The number of nitrogens with zero attached hydrogens (tertiary/aromatic N) is 5. The molecule has 1 fully saturated rings. The molecule has 27 heavy (non-hydrogen) atoms. The lowest BCUT2D eigenvalue weighted by atomic mass is 9.75. The number of carbonyl (C=O) groups excluding carboxylic acids is 1. The molecule has 5 rings (SSSR count). The molecule has 1 amide bonds. The van der Waals surface area contributed by atoms with Gasteiger partial charge >= 0.3 is 0 Å². The smallest absolute Gasteiger partial charge is 0.223 e. The summed E-state index contributed by atoms with van der Waals surface area (Å²) < 4.78 is 2.08. The van der Waals surface area contributed by atoms with Crippen LogP contribution in [-0.4, -0.2) is 38.7 Å². The Morgan fingerprint density at radius 2 is 2.11 bits per heavy atom. The number of carbonyl (C=O) groups is 1. The molecule has 1 spiro atoms. The van der Waals surface area contributed by atoms with Gasteiger partial charge in [0.2, 0.25) is 5.91 Å². The van der Waals surface area contributed by atoms with E-state index in [0.717, 1.165) is 48.2 Å². The van der Waals surface area contributed by atoms with E-state index in [1.807, 2.05) is 35.4 Å². The highest BCUT2D eigenvalue weighted by atomic mass is 16.2. The number of amides is 1. The van der Waals surface area contributed by atoms with Crippen molar-refractivity contribution in [2.75, 3.05) is 13.1 Å². The number of pyridine rings is 1. The maximum Gasteiger partial charge on any atom is 0.223 e. The van der Waals surface area contributed by atoms with Crippen LogP contribution < -0.4 is 0 Å². The van der Waals surface area contributed by atoms with E-state index in [2.05, 4.69) is 27.9 Å². The minimum atomic E-state index is 0.0256. The lowest BCUT2D eigenvalue weighted by Gasteiger charge is -2.47. The van der Waals surface area contributed by atoms with Crippen molar-refractivity contribution in [3.05, 3.63) is 48.3 Å². The largest absolute Gasteiger partial charge is 0.341 e. The van der Waals surface area contributed by atoms with Gasteiger partial charge in [0, 0.05) is 60.7 Å². The van der Waals surface area contributed by atoms with E-state index in [1.54, 1.807) is 0 Å². The predicted octanol–water partition coefficient (Wildman–Crippen LogP) is 2.89. The summed E-state index contributed by atoms with van der Waals surface area (Å²) in [7, 11) is 0. The van der Waals surface area contributed by atoms with Crippen LogP contribution in [0.2, 0.25) is 0 Å². The number of aromatic nitrogens is 3. The average molecular weight is 357 g/mol. The molecule has 0 atom stereocenters. The van der Waals surface area contributed by atoms with Crippen LogP contribution in [-0.2, 0) is 16.8 Å². The Morgan fingerprint density at radius 1 is 1.26 bits per heavy atom. The van der Waals surface area contributed by atoms with Gasteiger partial charge in [-0.2, -0.15) is 10.4 Å². The summed E-state index contributed by atoms with van der Waals surface area (Å²) in [4.78, 5) is 18.5. The molecular formula is C21H19N5O. The molecule has 2 aliphatic heterocycles. The molecule has 2 aliphatic rings. The standard InChI is InChI=1S/C21H19N5O/c22-8-3-6-20(27)25-13-21(14-25)7-9-26-19(21)11-18(24-26)16-10-15-4-1-2-5-17(15)23-12-16/h1-2,4-5,10-12H,3,6-7,9,13-14H2. The van der Waals surface area contributed by atoms with Crippen molar-refractivity contribution in [2.24, 2.45) is 0 Å². The van der Waals surface area contributed by atoms with E-state index in [9.17, 15) is 4.79 Å². The second-order valence-electron chi connectivity index (χ2n) is 7.49. The van der Waals surface area contributed by atoms with Crippen LogP contribution in [0.4, 0.5) is 0 Å². The van der Waals surface area contributed by atoms with Gasteiger partial charge < -0.3 is 4.90 Å². The molecule has 1 saturated heterocycles. The fourth-order valence-electron chi connectivity index (χ4n) is 4.32. The van der Waals surface area contributed by atoms with Crippen LogP contribution in [0.5, 0.6) is 0 Å². The monoisotopic (exact) mass is 357 g/mol.